The van der Waals surface area contributed by atoms with Crippen LogP contribution < -0.4 is 10.1 Å². The SMILES string of the molecule is CNC1CCCN(C(=O)c2cccc(OCc3cn4cc(C)ccc4n3)c2)C1. The number of pyridine rings is 1. The molecule has 1 atom stereocenters. The number of nitrogens with one attached hydrogen (secondary N) is 1. The lowest BCUT2D eigenvalue weighted by atomic mass is 10.0. The van der Waals surface area contributed by atoms with E-state index < -0.39 is 0 Å². The van der Waals surface area contributed by atoms with Crippen molar-refractivity contribution in [1.29, 1.82) is 0 Å². The first-order chi connectivity index (χ1) is 13.6. The van der Waals surface area contributed by atoms with Crippen molar-refractivity contribution in [1.82, 2.24) is 19.6 Å². The van der Waals surface area contributed by atoms with Crippen molar-refractivity contribution in [3.05, 3.63) is 65.6 Å². The summed E-state index contributed by atoms with van der Waals surface area (Å²) in [5, 5.41) is 3.28. The second-order valence-electron chi connectivity index (χ2n) is 7.40. The molecule has 1 fully saturated rings. The molecule has 1 aliphatic heterocycles. The van der Waals surface area contributed by atoms with E-state index in [1.54, 1.807) is 0 Å². The number of carbonyl (C=O) groups excluding carboxylic acids is 1. The summed E-state index contributed by atoms with van der Waals surface area (Å²) in [5.74, 6) is 0.745. The van der Waals surface area contributed by atoms with Gasteiger partial charge in [0.1, 0.15) is 18.0 Å². The Morgan fingerprint density at radius 3 is 3.04 bits per heavy atom. The van der Waals surface area contributed by atoms with E-state index in [-0.39, 0.29) is 5.91 Å². The Morgan fingerprint density at radius 1 is 1.29 bits per heavy atom. The van der Waals surface area contributed by atoms with Gasteiger partial charge in [-0.15, -0.1) is 0 Å². The van der Waals surface area contributed by atoms with Crippen LogP contribution in [-0.4, -0.2) is 46.4 Å². The summed E-state index contributed by atoms with van der Waals surface area (Å²) in [4.78, 5) is 19.4. The first-order valence-corrected chi connectivity index (χ1v) is 9.76. The molecule has 4 rings (SSSR count). The minimum atomic E-state index is 0.0635. The Balaban J connectivity index is 1.43. The zero-order valence-corrected chi connectivity index (χ0v) is 16.4. The molecule has 0 aliphatic carbocycles. The van der Waals surface area contributed by atoms with Crippen LogP contribution >= 0.6 is 0 Å². The highest BCUT2D eigenvalue weighted by Gasteiger charge is 2.23. The fraction of sp³-hybridized carbons (Fsp3) is 0.364. The van der Waals surface area contributed by atoms with Crippen LogP contribution in [0.5, 0.6) is 5.75 Å². The number of likely N-dealkylation sites (tertiary alicyclic amines) is 1. The largest absolute Gasteiger partial charge is 0.487 e. The number of rotatable bonds is 5. The number of amides is 1. The monoisotopic (exact) mass is 378 g/mol. The predicted molar refractivity (Wildman–Crippen MR) is 109 cm³/mol. The molecule has 1 N–H and O–H groups in total. The number of nitrogens with zero attached hydrogens (tertiary/aromatic N) is 3. The number of carbonyl (C=O) groups is 1. The molecule has 0 spiro atoms. The number of benzene rings is 1. The third-order valence-corrected chi connectivity index (χ3v) is 5.23. The van der Waals surface area contributed by atoms with E-state index in [0.717, 1.165) is 37.3 Å². The minimum absolute atomic E-state index is 0.0635. The minimum Gasteiger partial charge on any atom is -0.487 e. The molecule has 3 heterocycles. The molecule has 1 saturated heterocycles. The number of piperidine rings is 1. The quantitative estimate of drug-likeness (QED) is 0.741. The van der Waals surface area contributed by atoms with Crippen molar-refractivity contribution < 1.29 is 9.53 Å². The fourth-order valence-electron chi connectivity index (χ4n) is 3.68. The van der Waals surface area contributed by atoms with E-state index in [9.17, 15) is 4.79 Å². The zero-order valence-electron chi connectivity index (χ0n) is 16.4. The second-order valence-corrected chi connectivity index (χ2v) is 7.40. The van der Waals surface area contributed by atoms with E-state index in [0.29, 0.717) is 24.0 Å². The van der Waals surface area contributed by atoms with Gasteiger partial charge in [0.05, 0.1) is 5.69 Å². The van der Waals surface area contributed by atoms with Crippen LogP contribution in [0.2, 0.25) is 0 Å². The second kappa shape index (κ2) is 8.02. The van der Waals surface area contributed by atoms with Gasteiger partial charge in [0, 0.05) is 37.1 Å². The molecule has 3 aromatic rings. The molecule has 0 bridgehead atoms. The normalized spacial score (nSPS) is 17.1. The molecule has 1 unspecified atom stereocenters. The number of hydrogen-bond acceptors (Lipinski definition) is 4. The lowest BCUT2D eigenvalue weighted by Crippen LogP contribution is -2.46. The Morgan fingerprint density at radius 2 is 2.18 bits per heavy atom. The highest BCUT2D eigenvalue weighted by Crippen LogP contribution is 2.19. The number of aromatic nitrogens is 2. The molecule has 6 nitrogen and oxygen atoms in total. The van der Waals surface area contributed by atoms with Gasteiger partial charge in [-0.25, -0.2) is 4.98 Å². The number of ether oxygens (including phenoxy) is 1. The summed E-state index contributed by atoms with van der Waals surface area (Å²) in [5.41, 5.74) is 3.61. The highest BCUT2D eigenvalue weighted by molar-refractivity contribution is 5.94. The van der Waals surface area contributed by atoms with Gasteiger partial charge in [0.15, 0.2) is 0 Å². The van der Waals surface area contributed by atoms with Gasteiger partial charge >= 0.3 is 0 Å². The maximum absolute atomic E-state index is 12.9. The molecule has 28 heavy (non-hydrogen) atoms. The van der Waals surface area contributed by atoms with E-state index >= 15 is 0 Å². The van der Waals surface area contributed by atoms with Gasteiger partial charge in [-0.3, -0.25) is 4.79 Å². The van der Waals surface area contributed by atoms with Gasteiger partial charge in [-0.2, -0.15) is 0 Å². The van der Waals surface area contributed by atoms with Crippen LogP contribution in [0.3, 0.4) is 0 Å². The average Bonchev–Trinajstić information content (AvgIpc) is 3.14. The van der Waals surface area contributed by atoms with Crippen LogP contribution in [0, 0.1) is 6.92 Å². The molecule has 0 saturated carbocycles. The Bertz CT molecular complexity index is 982. The van der Waals surface area contributed by atoms with Crippen LogP contribution in [0.1, 0.15) is 34.5 Å². The van der Waals surface area contributed by atoms with Gasteiger partial charge in [0.25, 0.3) is 5.91 Å². The standard InChI is InChI=1S/C22H26N4O2/c1-16-8-9-21-24-19(14-26(21)12-16)15-28-20-7-3-5-17(11-20)22(27)25-10-4-6-18(13-25)23-2/h3,5,7-9,11-12,14,18,23H,4,6,10,13,15H2,1-2H3. The Hall–Kier alpha value is -2.86. The molecule has 1 aliphatic rings. The summed E-state index contributed by atoms with van der Waals surface area (Å²) in [6, 6.07) is 11.8. The van der Waals surface area contributed by atoms with Crippen LogP contribution in [0.15, 0.2) is 48.8 Å². The molecule has 1 amide bonds. The van der Waals surface area contributed by atoms with E-state index in [2.05, 4.69) is 17.2 Å². The molecule has 146 valence electrons. The molecule has 6 heteroatoms. The van der Waals surface area contributed by atoms with Crippen LogP contribution in [0.25, 0.3) is 5.65 Å². The summed E-state index contributed by atoms with van der Waals surface area (Å²) in [7, 11) is 1.95. The summed E-state index contributed by atoms with van der Waals surface area (Å²) in [6.45, 7) is 3.98. The first-order valence-electron chi connectivity index (χ1n) is 9.76. The third kappa shape index (κ3) is 4.02. The van der Waals surface area contributed by atoms with Crippen molar-refractivity contribution in [3.8, 4) is 5.75 Å². The van der Waals surface area contributed by atoms with Gasteiger partial charge in [-0.05, 0) is 56.6 Å². The van der Waals surface area contributed by atoms with Crippen molar-refractivity contribution in [3.63, 3.8) is 0 Å². The topological polar surface area (TPSA) is 58.9 Å². The Kier molecular flexibility index (Phi) is 5.30. The summed E-state index contributed by atoms with van der Waals surface area (Å²) < 4.78 is 7.92. The van der Waals surface area contributed by atoms with Gasteiger partial charge in [0.2, 0.25) is 0 Å². The van der Waals surface area contributed by atoms with Crippen molar-refractivity contribution in [2.45, 2.75) is 32.4 Å². The van der Waals surface area contributed by atoms with Crippen LogP contribution in [-0.2, 0) is 6.61 Å². The fourth-order valence-corrected chi connectivity index (χ4v) is 3.68. The first kappa shape index (κ1) is 18.5. The maximum atomic E-state index is 12.9. The van der Waals surface area contributed by atoms with Crippen molar-refractivity contribution in [2.75, 3.05) is 20.1 Å². The Labute approximate surface area is 165 Å². The maximum Gasteiger partial charge on any atom is 0.254 e. The van der Waals surface area contributed by atoms with Crippen molar-refractivity contribution >= 4 is 11.6 Å². The average molecular weight is 378 g/mol. The lowest BCUT2D eigenvalue weighted by molar-refractivity contribution is 0.0697. The molecule has 2 aromatic heterocycles. The van der Waals surface area contributed by atoms with Gasteiger partial charge in [-0.1, -0.05) is 12.1 Å². The molecular formula is C22H26N4O2. The highest BCUT2D eigenvalue weighted by atomic mass is 16.5. The predicted octanol–water partition coefficient (Wildman–Crippen LogP) is 3.05. The summed E-state index contributed by atoms with van der Waals surface area (Å²) >= 11 is 0. The summed E-state index contributed by atoms with van der Waals surface area (Å²) in [6.07, 6.45) is 6.16. The van der Waals surface area contributed by atoms with E-state index in [4.69, 9.17) is 4.74 Å². The zero-order chi connectivity index (χ0) is 19.5. The van der Waals surface area contributed by atoms with Gasteiger partial charge < -0.3 is 19.4 Å². The van der Waals surface area contributed by atoms with Crippen LogP contribution in [0.4, 0.5) is 0 Å². The molecule has 0 radical (unpaired) electrons. The smallest absolute Gasteiger partial charge is 0.254 e. The number of imidazole rings is 1. The number of likely N-dealkylation sites (N-methyl/N-ethyl adjacent to an activating group) is 1. The van der Waals surface area contributed by atoms with E-state index in [1.165, 1.54) is 5.56 Å². The lowest BCUT2D eigenvalue weighted by Gasteiger charge is -2.32. The third-order valence-electron chi connectivity index (χ3n) is 5.23. The van der Waals surface area contributed by atoms with Crippen molar-refractivity contribution in [2.24, 2.45) is 0 Å². The number of aryl methyl sites for hydroxylation is 1. The molecular weight excluding hydrogens is 352 g/mol. The van der Waals surface area contributed by atoms with E-state index in [1.807, 2.05) is 65.1 Å². The molecule has 1 aromatic carbocycles. The number of hydrogen-bond donors (Lipinski definition) is 1. The number of fused-ring (bicyclic) bond motifs is 1.